The van der Waals surface area contributed by atoms with Crippen LogP contribution in [0.1, 0.15) is 31.9 Å². The van der Waals surface area contributed by atoms with Crippen molar-refractivity contribution in [2.45, 2.75) is 32.4 Å². The molecule has 1 fully saturated rings. The van der Waals surface area contributed by atoms with Crippen molar-refractivity contribution in [1.82, 2.24) is 9.80 Å². The SMILES string of the molecule is CCC(c1cccc(Cl)c1)N1CCN(C(C)C(=O)O)CC1. The number of carbonyl (C=O) groups is 1. The van der Waals surface area contributed by atoms with Crippen molar-refractivity contribution in [3.63, 3.8) is 0 Å². The van der Waals surface area contributed by atoms with E-state index < -0.39 is 12.0 Å². The summed E-state index contributed by atoms with van der Waals surface area (Å²) in [5.41, 5.74) is 1.24. The third-order valence-corrected chi connectivity index (χ3v) is 4.55. The molecule has 2 unspecified atom stereocenters. The van der Waals surface area contributed by atoms with E-state index in [9.17, 15) is 4.79 Å². The average molecular weight is 311 g/mol. The van der Waals surface area contributed by atoms with Crippen LogP contribution < -0.4 is 0 Å². The Hall–Kier alpha value is -1.10. The zero-order valence-corrected chi connectivity index (χ0v) is 13.4. The fourth-order valence-electron chi connectivity index (χ4n) is 3.01. The number of carboxylic acid groups (broad SMARTS) is 1. The Morgan fingerprint density at radius 1 is 1.29 bits per heavy atom. The smallest absolute Gasteiger partial charge is 0.320 e. The molecule has 2 rings (SSSR count). The third kappa shape index (κ3) is 3.96. The quantitative estimate of drug-likeness (QED) is 0.908. The van der Waals surface area contributed by atoms with Gasteiger partial charge < -0.3 is 5.11 Å². The van der Waals surface area contributed by atoms with E-state index in [4.69, 9.17) is 16.7 Å². The first kappa shape index (κ1) is 16.3. The minimum Gasteiger partial charge on any atom is -0.480 e. The van der Waals surface area contributed by atoms with Crippen LogP contribution in [0, 0.1) is 0 Å². The second-order valence-corrected chi connectivity index (χ2v) is 6.00. The minimum atomic E-state index is -0.745. The number of aliphatic carboxylic acids is 1. The van der Waals surface area contributed by atoms with E-state index in [1.807, 2.05) is 23.1 Å². The predicted octanol–water partition coefficient (Wildman–Crippen LogP) is 2.88. The highest BCUT2D eigenvalue weighted by atomic mass is 35.5. The second-order valence-electron chi connectivity index (χ2n) is 5.57. The van der Waals surface area contributed by atoms with Gasteiger partial charge in [0, 0.05) is 37.2 Å². The number of carboxylic acids is 1. The van der Waals surface area contributed by atoms with Gasteiger partial charge in [-0.3, -0.25) is 14.6 Å². The fourth-order valence-corrected chi connectivity index (χ4v) is 3.21. The molecule has 0 amide bonds. The van der Waals surface area contributed by atoms with E-state index in [0.717, 1.165) is 37.6 Å². The van der Waals surface area contributed by atoms with Gasteiger partial charge in [0.15, 0.2) is 0 Å². The molecule has 1 N–H and O–H groups in total. The van der Waals surface area contributed by atoms with Crippen LogP contribution in [0.25, 0.3) is 0 Å². The second kappa shape index (κ2) is 7.25. The van der Waals surface area contributed by atoms with Gasteiger partial charge in [-0.25, -0.2) is 0 Å². The molecule has 0 saturated carbocycles. The van der Waals surface area contributed by atoms with Gasteiger partial charge in [-0.15, -0.1) is 0 Å². The largest absolute Gasteiger partial charge is 0.480 e. The van der Waals surface area contributed by atoms with E-state index in [2.05, 4.69) is 17.9 Å². The highest BCUT2D eigenvalue weighted by Gasteiger charge is 2.28. The van der Waals surface area contributed by atoms with Gasteiger partial charge in [0.2, 0.25) is 0 Å². The first-order valence-electron chi connectivity index (χ1n) is 7.49. The number of halogens is 1. The summed E-state index contributed by atoms with van der Waals surface area (Å²) in [5.74, 6) is -0.745. The Labute approximate surface area is 131 Å². The zero-order valence-electron chi connectivity index (χ0n) is 12.6. The van der Waals surface area contributed by atoms with Crippen molar-refractivity contribution in [3.05, 3.63) is 34.9 Å². The molecule has 0 aliphatic carbocycles. The lowest BCUT2D eigenvalue weighted by atomic mass is 10.0. The molecule has 0 aromatic heterocycles. The van der Waals surface area contributed by atoms with Crippen LogP contribution >= 0.6 is 11.6 Å². The number of hydrogen-bond acceptors (Lipinski definition) is 3. The monoisotopic (exact) mass is 310 g/mol. The van der Waals surface area contributed by atoms with E-state index in [0.29, 0.717) is 6.04 Å². The number of rotatable bonds is 5. The minimum absolute atomic E-state index is 0.353. The molecule has 1 heterocycles. The normalized spacial score (nSPS) is 20.1. The van der Waals surface area contributed by atoms with Crippen molar-refractivity contribution < 1.29 is 9.90 Å². The number of hydrogen-bond donors (Lipinski definition) is 1. The Bertz CT molecular complexity index is 487. The Kier molecular flexibility index (Phi) is 5.62. The first-order chi connectivity index (χ1) is 10.0. The Morgan fingerprint density at radius 3 is 2.43 bits per heavy atom. The molecular formula is C16H23ClN2O2. The summed E-state index contributed by atoms with van der Waals surface area (Å²) in [6.45, 7) is 7.31. The van der Waals surface area contributed by atoms with E-state index in [1.54, 1.807) is 6.92 Å². The van der Waals surface area contributed by atoms with Gasteiger partial charge in [0.1, 0.15) is 6.04 Å². The molecule has 1 aromatic rings. The van der Waals surface area contributed by atoms with Gasteiger partial charge >= 0.3 is 5.97 Å². The maximum atomic E-state index is 11.1. The van der Waals surface area contributed by atoms with Gasteiger partial charge in [-0.1, -0.05) is 30.7 Å². The third-order valence-electron chi connectivity index (χ3n) is 4.31. The van der Waals surface area contributed by atoms with Gasteiger partial charge in [0.25, 0.3) is 0 Å². The molecular weight excluding hydrogens is 288 g/mol. The summed E-state index contributed by atoms with van der Waals surface area (Å²) in [6.07, 6.45) is 1.02. The number of nitrogens with zero attached hydrogens (tertiary/aromatic N) is 2. The molecule has 1 aromatic carbocycles. The summed E-state index contributed by atoms with van der Waals surface area (Å²) >= 11 is 6.09. The van der Waals surface area contributed by atoms with Crippen LogP contribution in [0.15, 0.2) is 24.3 Å². The van der Waals surface area contributed by atoms with Gasteiger partial charge in [-0.2, -0.15) is 0 Å². The maximum Gasteiger partial charge on any atom is 0.320 e. The van der Waals surface area contributed by atoms with E-state index in [-0.39, 0.29) is 0 Å². The van der Waals surface area contributed by atoms with Gasteiger partial charge in [0.05, 0.1) is 0 Å². The van der Waals surface area contributed by atoms with Crippen molar-refractivity contribution in [2.24, 2.45) is 0 Å². The van der Waals surface area contributed by atoms with Crippen molar-refractivity contribution >= 4 is 17.6 Å². The van der Waals surface area contributed by atoms with E-state index in [1.165, 1.54) is 5.56 Å². The number of piperazine rings is 1. The highest BCUT2D eigenvalue weighted by Crippen LogP contribution is 2.27. The Balaban J connectivity index is 2.01. The van der Waals surface area contributed by atoms with Crippen LogP contribution in [0.4, 0.5) is 0 Å². The van der Waals surface area contributed by atoms with Crippen LogP contribution in [0.2, 0.25) is 5.02 Å². The highest BCUT2D eigenvalue weighted by molar-refractivity contribution is 6.30. The lowest BCUT2D eigenvalue weighted by molar-refractivity contribution is -0.143. The topological polar surface area (TPSA) is 43.8 Å². The molecule has 1 saturated heterocycles. The first-order valence-corrected chi connectivity index (χ1v) is 7.87. The fraction of sp³-hybridized carbons (Fsp3) is 0.562. The molecule has 116 valence electrons. The summed E-state index contributed by atoms with van der Waals surface area (Å²) in [4.78, 5) is 15.5. The van der Waals surface area contributed by atoms with E-state index >= 15 is 0 Å². The predicted molar refractivity (Wildman–Crippen MR) is 84.7 cm³/mol. The molecule has 21 heavy (non-hydrogen) atoms. The number of benzene rings is 1. The molecule has 2 atom stereocenters. The lowest BCUT2D eigenvalue weighted by Gasteiger charge is -2.40. The standard InChI is InChI=1S/C16H23ClN2O2/c1-3-15(13-5-4-6-14(17)11-13)19-9-7-18(8-10-19)12(2)16(20)21/h4-6,11-12,15H,3,7-10H2,1-2H3,(H,20,21). The Morgan fingerprint density at radius 2 is 1.90 bits per heavy atom. The summed E-state index contributed by atoms with van der Waals surface area (Å²) in [6, 6.07) is 7.98. The van der Waals surface area contributed by atoms with Crippen molar-refractivity contribution in [2.75, 3.05) is 26.2 Å². The van der Waals surface area contributed by atoms with Crippen LogP contribution in [-0.2, 0) is 4.79 Å². The molecule has 5 heteroatoms. The average Bonchev–Trinajstić information content (AvgIpc) is 2.48. The molecule has 1 aliphatic heterocycles. The van der Waals surface area contributed by atoms with Crippen molar-refractivity contribution in [3.8, 4) is 0 Å². The van der Waals surface area contributed by atoms with Gasteiger partial charge in [-0.05, 0) is 31.0 Å². The van der Waals surface area contributed by atoms with Crippen molar-refractivity contribution in [1.29, 1.82) is 0 Å². The lowest BCUT2D eigenvalue weighted by Crippen LogP contribution is -2.52. The summed E-state index contributed by atoms with van der Waals surface area (Å²) in [7, 11) is 0. The molecule has 4 nitrogen and oxygen atoms in total. The van der Waals surface area contributed by atoms with Crippen LogP contribution in [-0.4, -0.2) is 53.1 Å². The zero-order chi connectivity index (χ0) is 15.4. The molecule has 0 bridgehead atoms. The maximum absolute atomic E-state index is 11.1. The molecule has 0 spiro atoms. The summed E-state index contributed by atoms with van der Waals surface area (Å²) in [5, 5.41) is 9.86. The summed E-state index contributed by atoms with van der Waals surface area (Å²) < 4.78 is 0. The molecule has 1 aliphatic rings. The molecule has 0 radical (unpaired) electrons. The van der Waals surface area contributed by atoms with Crippen LogP contribution in [0.5, 0.6) is 0 Å². The van der Waals surface area contributed by atoms with Crippen LogP contribution in [0.3, 0.4) is 0 Å².